The number of halogens is 2. The first-order chi connectivity index (χ1) is 9.56. The molecule has 1 heterocycles. The Hall–Kier alpha value is -0.770. The number of benzene rings is 1. The van der Waals surface area contributed by atoms with Crippen molar-refractivity contribution in [2.45, 2.75) is 24.8 Å². The molecule has 0 spiro atoms. The van der Waals surface area contributed by atoms with Gasteiger partial charge < -0.3 is 10.2 Å². The smallest absolute Gasteiger partial charge is 0.226 e. The Morgan fingerprint density at radius 2 is 2.00 bits per heavy atom. The summed E-state index contributed by atoms with van der Waals surface area (Å²) < 4.78 is 0. The normalized spacial score (nSPS) is 28.4. The summed E-state index contributed by atoms with van der Waals surface area (Å²) in [6.07, 6.45) is 1.95. The van der Waals surface area contributed by atoms with E-state index in [4.69, 9.17) is 23.2 Å². The molecule has 20 heavy (non-hydrogen) atoms. The minimum Gasteiger partial charge on any atom is -0.341 e. The molecule has 5 heteroatoms. The maximum atomic E-state index is 12.5. The number of carbonyl (C=O) groups is 1. The van der Waals surface area contributed by atoms with Crippen molar-refractivity contribution in [2.75, 3.05) is 20.1 Å². The Labute approximate surface area is 129 Å². The fourth-order valence-corrected chi connectivity index (χ4v) is 3.58. The van der Waals surface area contributed by atoms with Gasteiger partial charge in [0.25, 0.3) is 0 Å². The van der Waals surface area contributed by atoms with Crippen molar-refractivity contribution in [1.29, 1.82) is 0 Å². The summed E-state index contributed by atoms with van der Waals surface area (Å²) in [4.78, 5) is 14.4. The highest BCUT2D eigenvalue weighted by molar-refractivity contribution is 6.34. The Morgan fingerprint density at radius 1 is 1.30 bits per heavy atom. The predicted molar refractivity (Wildman–Crippen MR) is 81.4 cm³/mol. The molecule has 3 nitrogen and oxygen atoms in total. The molecule has 2 aliphatic rings. The van der Waals surface area contributed by atoms with Crippen LogP contribution < -0.4 is 5.32 Å². The first-order valence-electron chi connectivity index (χ1n) is 6.99. The van der Waals surface area contributed by atoms with E-state index in [1.54, 1.807) is 6.07 Å². The van der Waals surface area contributed by atoms with Gasteiger partial charge in [0, 0.05) is 35.6 Å². The van der Waals surface area contributed by atoms with Crippen molar-refractivity contribution in [2.24, 2.45) is 5.92 Å². The van der Waals surface area contributed by atoms with E-state index in [-0.39, 0.29) is 17.7 Å². The lowest BCUT2D eigenvalue weighted by Gasteiger charge is -2.24. The maximum absolute atomic E-state index is 12.5. The van der Waals surface area contributed by atoms with Crippen LogP contribution in [-0.2, 0) is 4.79 Å². The molecular formula is C15H18Cl2N2O. The van der Waals surface area contributed by atoms with Crippen molar-refractivity contribution in [3.05, 3.63) is 33.8 Å². The zero-order valence-electron chi connectivity index (χ0n) is 11.4. The Morgan fingerprint density at radius 3 is 2.60 bits per heavy atom. The van der Waals surface area contributed by atoms with E-state index in [1.165, 1.54) is 0 Å². The molecule has 3 unspecified atom stereocenters. The second-order valence-corrected chi connectivity index (χ2v) is 6.62. The highest BCUT2D eigenvalue weighted by Gasteiger charge is 2.46. The van der Waals surface area contributed by atoms with Crippen molar-refractivity contribution >= 4 is 29.1 Å². The van der Waals surface area contributed by atoms with Gasteiger partial charge in [-0.15, -0.1) is 0 Å². The molecular weight excluding hydrogens is 295 g/mol. The van der Waals surface area contributed by atoms with Gasteiger partial charge in [0.2, 0.25) is 5.91 Å². The highest BCUT2D eigenvalue weighted by atomic mass is 35.5. The SMILES string of the molecule is CN(C(=O)C1CC1c1cc(Cl)cc(Cl)c1)C1CCNC1. The van der Waals surface area contributed by atoms with Crippen LogP contribution in [0.5, 0.6) is 0 Å². The van der Waals surface area contributed by atoms with E-state index in [1.807, 2.05) is 24.1 Å². The van der Waals surface area contributed by atoms with E-state index >= 15 is 0 Å². The van der Waals surface area contributed by atoms with Crippen LogP contribution in [0.2, 0.25) is 10.0 Å². The molecule has 0 bridgehead atoms. The summed E-state index contributed by atoms with van der Waals surface area (Å²) >= 11 is 12.1. The van der Waals surface area contributed by atoms with Gasteiger partial charge in [-0.05, 0) is 49.1 Å². The van der Waals surface area contributed by atoms with Gasteiger partial charge in [0.1, 0.15) is 0 Å². The van der Waals surface area contributed by atoms with Gasteiger partial charge in [-0.3, -0.25) is 4.79 Å². The van der Waals surface area contributed by atoms with Crippen molar-refractivity contribution < 1.29 is 4.79 Å². The van der Waals surface area contributed by atoms with Crippen LogP contribution in [0.3, 0.4) is 0 Å². The summed E-state index contributed by atoms with van der Waals surface area (Å²) in [5.74, 6) is 0.616. The van der Waals surface area contributed by atoms with Gasteiger partial charge in [0.15, 0.2) is 0 Å². The van der Waals surface area contributed by atoms with Gasteiger partial charge in [0.05, 0.1) is 0 Å². The standard InChI is InChI=1S/C15H18Cl2N2O/c1-19(12-2-3-18-8-12)15(20)14-7-13(14)9-4-10(16)6-11(17)5-9/h4-6,12-14,18H,2-3,7-8H2,1H3. The topological polar surface area (TPSA) is 32.3 Å². The molecule has 1 saturated heterocycles. The lowest BCUT2D eigenvalue weighted by atomic mass is 10.1. The van der Waals surface area contributed by atoms with Crippen LogP contribution in [-0.4, -0.2) is 37.0 Å². The number of nitrogens with zero attached hydrogens (tertiary/aromatic N) is 1. The average molecular weight is 313 g/mol. The molecule has 1 saturated carbocycles. The lowest BCUT2D eigenvalue weighted by Crippen LogP contribution is -2.39. The summed E-state index contributed by atoms with van der Waals surface area (Å²) in [5.41, 5.74) is 1.08. The average Bonchev–Trinajstić information content (AvgIpc) is 3.02. The number of hydrogen-bond donors (Lipinski definition) is 1. The van der Waals surface area contributed by atoms with E-state index in [0.717, 1.165) is 31.5 Å². The number of hydrogen-bond acceptors (Lipinski definition) is 2. The second-order valence-electron chi connectivity index (χ2n) is 5.75. The number of nitrogens with one attached hydrogen (secondary N) is 1. The van der Waals surface area contributed by atoms with Crippen LogP contribution in [0, 0.1) is 5.92 Å². The quantitative estimate of drug-likeness (QED) is 0.930. The van der Waals surface area contributed by atoms with Crippen LogP contribution in [0.1, 0.15) is 24.3 Å². The molecule has 2 fully saturated rings. The lowest BCUT2D eigenvalue weighted by molar-refractivity contribution is -0.133. The van der Waals surface area contributed by atoms with Crippen molar-refractivity contribution in [3.63, 3.8) is 0 Å². The zero-order chi connectivity index (χ0) is 14.3. The van der Waals surface area contributed by atoms with Crippen LogP contribution in [0.25, 0.3) is 0 Å². The fraction of sp³-hybridized carbons (Fsp3) is 0.533. The highest BCUT2D eigenvalue weighted by Crippen LogP contribution is 2.49. The molecule has 0 radical (unpaired) electrons. The summed E-state index contributed by atoms with van der Waals surface area (Å²) in [6.45, 7) is 1.91. The number of carbonyl (C=O) groups excluding carboxylic acids is 1. The third kappa shape index (κ3) is 2.80. The van der Waals surface area contributed by atoms with E-state index < -0.39 is 0 Å². The molecule has 1 aliphatic carbocycles. The molecule has 108 valence electrons. The molecule has 0 aromatic heterocycles. The zero-order valence-corrected chi connectivity index (χ0v) is 12.9. The van der Waals surface area contributed by atoms with Crippen LogP contribution in [0.15, 0.2) is 18.2 Å². The van der Waals surface area contributed by atoms with E-state index in [2.05, 4.69) is 5.32 Å². The number of likely N-dealkylation sites (N-methyl/N-ethyl adjacent to an activating group) is 1. The molecule has 1 aromatic carbocycles. The first kappa shape index (κ1) is 14.2. The minimum absolute atomic E-state index is 0.0927. The van der Waals surface area contributed by atoms with Crippen LogP contribution >= 0.6 is 23.2 Å². The molecule has 3 atom stereocenters. The van der Waals surface area contributed by atoms with Gasteiger partial charge in [-0.2, -0.15) is 0 Å². The maximum Gasteiger partial charge on any atom is 0.226 e. The van der Waals surface area contributed by atoms with Gasteiger partial charge in [-0.1, -0.05) is 23.2 Å². The third-order valence-electron chi connectivity index (χ3n) is 4.35. The third-order valence-corrected chi connectivity index (χ3v) is 4.79. The summed E-state index contributed by atoms with van der Waals surface area (Å²) in [6, 6.07) is 5.90. The molecule has 1 aliphatic heterocycles. The Kier molecular flexibility index (Phi) is 3.93. The molecule has 1 N–H and O–H groups in total. The van der Waals surface area contributed by atoms with Crippen molar-refractivity contribution in [3.8, 4) is 0 Å². The van der Waals surface area contributed by atoms with E-state index in [9.17, 15) is 4.79 Å². The number of amides is 1. The van der Waals surface area contributed by atoms with Crippen LogP contribution in [0.4, 0.5) is 0 Å². The molecule has 1 amide bonds. The Bertz CT molecular complexity index is 508. The largest absolute Gasteiger partial charge is 0.341 e. The van der Waals surface area contributed by atoms with Gasteiger partial charge >= 0.3 is 0 Å². The monoisotopic (exact) mass is 312 g/mol. The summed E-state index contributed by atoms with van der Waals surface area (Å²) in [7, 11) is 1.92. The summed E-state index contributed by atoms with van der Waals surface area (Å²) in [5, 5.41) is 4.57. The fourth-order valence-electron chi connectivity index (χ4n) is 3.04. The number of rotatable bonds is 3. The second kappa shape index (κ2) is 5.55. The Balaban J connectivity index is 1.67. The van der Waals surface area contributed by atoms with Crippen molar-refractivity contribution in [1.82, 2.24) is 10.2 Å². The molecule has 3 rings (SSSR count). The predicted octanol–water partition coefficient (Wildman–Crippen LogP) is 2.92. The molecule has 1 aromatic rings. The first-order valence-corrected chi connectivity index (χ1v) is 7.75. The van der Waals surface area contributed by atoms with E-state index in [0.29, 0.717) is 16.1 Å². The minimum atomic E-state index is 0.0927. The van der Waals surface area contributed by atoms with Gasteiger partial charge in [-0.25, -0.2) is 0 Å².